The molecule has 0 bridgehead atoms. The Bertz CT molecular complexity index is 859. The van der Waals surface area contributed by atoms with Gasteiger partial charge in [-0.25, -0.2) is 8.42 Å². The first-order chi connectivity index (χ1) is 12.8. The predicted molar refractivity (Wildman–Crippen MR) is 115 cm³/mol. The predicted octanol–water partition coefficient (Wildman–Crippen LogP) is 4.07. The van der Waals surface area contributed by atoms with Gasteiger partial charge in [-0.2, -0.15) is 4.31 Å². The van der Waals surface area contributed by atoms with Crippen molar-refractivity contribution in [1.29, 1.82) is 0 Å². The number of nitrogens with zero attached hydrogens (tertiary/aromatic N) is 1. The van der Waals surface area contributed by atoms with Crippen LogP contribution < -0.4 is 10.6 Å². The van der Waals surface area contributed by atoms with Gasteiger partial charge in [-0.05, 0) is 55.9 Å². The zero-order valence-corrected chi connectivity index (χ0v) is 17.8. The molecule has 146 valence electrons. The van der Waals surface area contributed by atoms with Crippen LogP contribution >= 0.6 is 12.2 Å². The minimum atomic E-state index is -3.44. The normalized spacial score (nSPS) is 12.6. The number of aryl methyl sites for hydroxylation is 1. The minimum absolute atomic E-state index is 0.0549. The molecule has 7 heteroatoms. The lowest BCUT2D eigenvalue weighted by atomic mass is 10.1. The lowest BCUT2D eigenvalue weighted by Crippen LogP contribution is -2.31. The largest absolute Gasteiger partial charge is 0.356 e. The Balaban J connectivity index is 2.03. The summed E-state index contributed by atoms with van der Waals surface area (Å²) in [6, 6.07) is 14.9. The van der Waals surface area contributed by atoms with Crippen LogP contribution in [-0.4, -0.2) is 30.9 Å². The number of sulfonamides is 1. The molecule has 2 N–H and O–H groups in total. The van der Waals surface area contributed by atoms with Gasteiger partial charge in [0.1, 0.15) is 0 Å². The number of hydrogen-bond donors (Lipinski definition) is 2. The van der Waals surface area contributed by atoms with Crippen molar-refractivity contribution in [2.45, 2.75) is 38.6 Å². The average Bonchev–Trinajstić information content (AvgIpc) is 2.64. The molecule has 0 spiro atoms. The molecule has 27 heavy (non-hydrogen) atoms. The Kier molecular flexibility index (Phi) is 7.35. The van der Waals surface area contributed by atoms with E-state index in [2.05, 4.69) is 10.6 Å². The van der Waals surface area contributed by atoms with Gasteiger partial charge >= 0.3 is 0 Å². The van der Waals surface area contributed by atoms with E-state index in [-0.39, 0.29) is 6.04 Å². The zero-order valence-electron chi connectivity index (χ0n) is 16.2. The van der Waals surface area contributed by atoms with E-state index in [1.165, 1.54) is 9.87 Å². The maximum Gasteiger partial charge on any atom is 0.243 e. The maximum absolute atomic E-state index is 12.6. The van der Waals surface area contributed by atoms with Gasteiger partial charge in [0.2, 0.25) is 10.0 Å². The number of thiocarbonyl (C=S) groups is 1. The van der Waals surface area contributed by atoms with E-state index in [1.807, 2.05) is 64.1 Å². The highest BCUT2D eigenvalue weighted by atomic mass is 32.2. The highest BCUT2D eigenvalue weighted by Gasteiger charge is 2.21. The van der Waals surface area contributed by atoms with Gasteiger partial charge in [0.25, 0.3) is 0 Å². The van der Waals surface area contributed by atoms with Crippen molar-refractivity contribution in [3.8, 4) is 0 Å². The van der Waals surface area contributed by atoms with Crippen molar-refractivity contribution in [1.82, 2.24) is 9.62 Å². The number of benzene rings is 2. The monoisotopic (exact) mass is 405 g/mol. The molecular weight excluding hydrogens is 378 g/mol. The zero-order chi connectivity index (χ0) is 20.0. The lowest BCUT2D eigenvalue weighted by Gasteiger charge is -2.20. The SMILES string of the molecule is CCN(CC)S(=O)(=O)c1ccc([C@H](C)NC(=S)Nc2ccc(C)cc2)cc1. The van der Waals surface area contributed by atoms with Crippen molar-refractivity contribution < 1.29 is 8.42 Å². The molecule has 2 rings (SSSR count). The third kappa shape index (κ3) is 5.51. The van der Waals surface area contributed by atoms with Crippen molar-refractivity contribution in [2.24, 2.45) is 0 Å². The fraction of sp³-hybridized carbons (Fsp3) is 0.350. The Morgan fingerprint density at radius 3 is 2.11 bits per heavy atom. The molecule has 5 nitrogen and oxygen atoms in total. The van der Waals surface area contributed by atoms with Crippen LogP contribution in [0.3, 0.4) is 0 Å². The Hall–Kier alpha value is -1.96. The van der Waals surface area contributed by atoms with Crippen LogP contribution in [0, 0.1) is 6.92 Å². The molecule has 0 saturated carbocycles. The van der Waals surface area contributed by atoms with E-state index in [9.17, 15) is 8.42 Å². The molecule has 0 aliphatic heterocycles. The van der Waals surface area contributed by atoms with E-state index in [4.69, 9.17) is 12.2 Å². The van der Waals surface area contributed by atoms with E-state index in [0.29, 0.717) is 23.1 Å². The van der Waals surface area contributed by atoms with Crippen LogP contribution in [0.25, 0.3) is 0 Å². The Morgan fingerprint density at radius 1 is 1.04 bits per heavy atom. The Morgan fingerprint density at radius 2 is 1.59 bits per heavy atom. The lowest BCUT2D eigenvalue weighted by molar-refractivity contribution is 0.445. The molecule has 0 aromatic heterocycles. The van der Waals surface area contributed by atoms with Gasteiger partial charge in [0, 0.05) is 18.8 Å². The summed E-state index contributed by atoms with van der Waals surface area (Å²) in [5, 5.41) is 6.90. The first kappa shape index (κ1) is 21.3. The molecule has 2 aromatic rings. The van der Waals surface area contributed by atoms with Crippen LogP contribution in [-0.2, 0) is 10.0 Å². The third-order valence-electron chi connectivity index (χ3n) is 4.38. The summed E-state index contributed by atoms with van der Waals surface area (Å²) in [6.07, 6.45) is 0. The van der Waals surface area contributed by atoms with Crippen LogP contribution in [0.2, 0.25) is 0 Å². The van der Waals surface area contributed by atoms with Crippen molar-refractivity contribution in [3.63, 3.8) is 0 Å². The number of nitrogens with one attached hydrogen (secondary N) is 2. The average molecular weight is 406 g/mol. The van der Waals surface area contributed by atoms with Gasteiger partial charge in [0.05, 0.1) is 10.9 Å². The second-order valence-corrected chi connectivity index (χ2v) is 8.69. The van der Waals surface area contributed by atoms with Gasteiger partial charge in [-0.3, -0.25) is 0 Å². The van der Waals surface area contributed by atoms with Crippen LogP contribution in [0.1, 0.15) is 37.9 Å². The fourth-order valence-corrected chi connectivity index (χ4v) is 4.48. The van der Waals surface area contributed by atoms with Gasteiger partial charge in [-0.15, -0.1) is 0 Å². The van der Waals surface area contributed by atoms with E-state index >= 15 is 0 Å². The van der Waals surface area contributed by atoms with Gasteiger partial charge in [-0.1, -0.05) is 43.7 Å². The topological polar surface area (TPSA) is 61.4 Å². The number of anilines is 1. The quantitative estimate of drug-likeness (QED) is 0.680. The Labute approximate surface area is 167 Å². The first-order valence-electron chi connectivity index (χ1n) is 9.02. The molecule has 0 saturated heterocycles. The van der Waals surface area contributed by atoms with Crippen LogP contribution in [0.15, 0.2) is 53.4 Å². The highest BCUT2D eigenvalue weighted by molar-refractivity contribution is 7.89. The number of hydrogen-bond acceptors (Lipinski definition) is 3. The summed E-state index contributed by atoms with van der Waals surface area (Å²) in [7, 11) is -3.44. The molecule has 0 fully saturated rings. The molecule has 0 aliphatic rings. The number of rotatable bonds is 7. The smallest absolute Gasteiger partial charge is 0.243 e. The molecular formula is C20H27N3O2S2. The molecule has 2 aromatic carbocycles. The molecule has 0 unspecified atom stereocenters. The van der Waals surface area contributed by atoms with E-state index in [1.54, 1.807) is 12.1 Å². The molecule has 1 atom stereocenters. The van der Waals surface area contributed by atoms with Crippen LogP contribution in [0.4, 0.5) is 5.69 Å². The van der Waals surface area contributed by atoms with Crippen molar-refractivity contribution in [2.75, 3.05) is 18.4 Å². The summed E-state index contributed by atoms with van der Waals surface area (Å²) in [6.45, 7) is 8.60. The standard InChI is InChI=1S/C20H27N3O2S2/c1-5-23(6-2)27(24,25)19-13-9-17(10-14-19)16(4)21-20(26)22-18-11-7-15(3)8-12-18/h7-14,16H,5-6H2,1-4H3,(H2,21,22,26)/t16-/m0/s1. The maximum atomic E-state index is 12.6. The minimum Gasteiger partial charge on any atom is -0.356 e. The van der Waals surface area contributed by atoms with E-state index in [0.717, 1.165) is 11.3 Å². The summed E-state index contributed by atoms with van der Waals surface area (Å²) >= 11 is 5.37. The second kappa shape index (κ2) is 9.30. The first-order valence-corrected chi connectivity index (χ1v) is 10.9. The van der Waals surface area contributed by atoms with Gasteiger partial charge in [0.15, 0.2) is 5.11 Å². The molecule has 0 amide bonds. The molecule has 0 radical (unpaired) electrons. The second-order valence-electron chi connectivity index (χ2n) is 6.34. The molecule has 0 heterocycles. The fourth-order valence-electron chi connectivity index (χ4n) is 2.73. The summed E-state index contributed by atoms with van der Waals surface area (Å²) in [5.41, 5.74) is 3.07. The molecule has 0 aliphatic carbocycles. The summed E-state index contributed by atoms with van der Waals surface area (Å²) in [4.78, 5) is 0.308. The van der Waals surface area contributed by atoms with Gasteiger partial charge < -0.3 is 10.6 Å². The third-order valence-corrected chi connectivity index (χ3v) is 6.66. The summed E-state index contributed by atoms with van der Waals surface area (Å²) in [5.74, 6) is 0. The van der Waals surface area contributed by atoms with Crippen molar-refractivity contribution in [3.05, 3.63) is 59.7 Å². The van der Waals surface area contributed by atoms with Crippen molar-refractivity contribution >= 4 is 33.0 Å². The highest BCUT2D eigenvalue weighted by Crippen LogP contribution is 2.19. The summed E-state index contributed by atoms with van der Waals surface area (Å²) < 4.78 is 26.6. The van der Waals surface area contributed by atoms with E-state index < -0.39 is 10.0 Å². The van der Waals surface area contributed by atoms with Crippen LogP contribution in [0.5, 0.6) is 0 Å².